The molecule has 3 nitrogen and oxygen atoms in total. The lowest BCUT2D eigenvalue weighted by Gasteiger charge is -1.91. The van der Waals surface area contributed by atoms with E-state index in [-0.39, 0.29) is 0 Å². The molecule has 0 fully saturated rings. The molecular weight excluding hydrogens is 220 g/mol. The molecule has 1 aromatic heterocycles. The molecule has 1 aromatic rings. The molecule has 2 N–H and O–H groups in total. The van der Waals surface area contributed by atoms with Crippen molar-refractivity contribution in [2.24, 2.45) is 5.73 Å². The zero-order chi connectivity index (χ0) is 8.97. The third-order valence-electron chi connectivity index (χ3n) is 1.17. The molecule has 1 amide bonds. The van der Waals surface area contributed by atoms with Crippen LogP contribution < -0.4 is 5.73 Å². The quantitative estimate of drug-likeness (QED) is 0.775. The highest BCUT2D eigenvalue weighted by Gasteiger charge is 1.89. The van der Waals surface area contributed by atoms with Crippen LogP contribution in [0.25, 0.3) is 6.08 Å². The van der Waals surface area contributed by atoms with Crippen molar-refractivity contribution in [3.05, 3.63) is 34.6 Å². The van der Waals surface area contributed by atoms with Crippen LogP contribution in [0.3, 0.4) is 0 Å². The highest BCUT2D eigenvalue weighted by atomic mass is 79.9. The number of nitrogens with zero attached hydrogens (tertiary/aromatic N) is 1. The molecule has 0 bridgehead atoms. The molecular formula is C8H7BrN2O. The van der Waals surface area contributed by atoms with Gasteiger partial charge in [0.2, 0.25) is 5.91 Å². The van der Waals surface area contributed by atoms with Gasteiger partial charge in [-0.25, -0.2) is 0 Å². The summed E-state index contributed by atoms with van der Waals surface area (Å²) in [5, 5.41) is 0. The highest BCUT2D eigenvalue weighted by Crippen LogP contribution is 2.07. The standard InChI is InChI=1S/C8H7BrN2O/c9-6-1-2-7(11-5-6)3-4-8(10)12/h1-5H,(H2,10,12). The Bertz CT molecular complexity index is 305. The number of hydrogen-bond acceptors (Lipinski definition) is 2. The number of pyridine rings is 1. The molecule has 1 heterocycles. The van der Waals surface area contributed by atoms with Crippen molar-refractivity contribution in [3.63, 3.8) is 0 Å². The van der Waals surface area contributed by atoms with Gasteiger partial charge in [0, 0.05) is 16.7 Å². The van der Waals surface area contributed by atoms with Crippen molar-refractivity contribution in [2.75, 3.05) is 0 Å². The van der Waals surface area contributed by atoms with E-state index in [1.54, 1.807) is 18.3 Å². The summed E-state index contributed by atoms with van der Waals surface area (Å²) in [6, 6.07) is 3.62. The van der Waals surface area contributed by atoms with Crippen LogP contribution in [0, 0.1) is 0 Å². The maximum atomic E-state index is 10.3. The van der Waals surface area contributed by atoms with E-state index in [1.807, 2.05) is 6.07 Å². The lowest BCUT2D eigenvalue weighted by Crippen LogP contribution is -2.05. The van der Waals surface area contributed by atoms with Crippen LogP contribution in [0.4, 0.5) is 0 Å². The van der Waals surface area contributed by atoms with Crippen LogP contribution in [0.15, 0.2) is 28.9 Å². The SMILES string of the molecule is NC(=O)C=Cc1ccc(Br)cn1. The van der Waals surface area contributed by atoms with E-state index in [4.69, 9.17) is 5.73 Å². The summed E-state index contributed by atoms with van der Waals surface area (Å²) in [6.07, 6.45) is 4.49. The number of nitrogens with two attached hydrogens (primary N) is 1. The number of carbonyl (C=O) groups is 1. The predicted molar refractivity (Wildman–Crippen MR) is 50.2 cm³/mol. The molecule has 0 radical (unpaired) electrons. The molecule has 0 unspecified atom stereocenters. The van der Waals surface area contributed by atoms with E-state index in [0.29, 0.717) is 5.69 Å². The van der Waals surface area contributed by atoms with Crippen LogP contribution in [-0.4, -0.2) is 10.9 Å². The number of primary amides is 1. The summed E-state index contributed by atoms with van der Waals surface area (Å²) < 4.78 is 0.902. The van der Waals surface area contributed by atoms with E-state index in [0.717, 1.165) is 4.47 Å². The maximum Gasteiger partial charge on any atom is 0.241 e. The average Bonchev–Trinajstić information content (AvgIpc) is 2.03. The fourth-order valence-electron chi connectivity index (χ4n) is 0.653. The number of hydrogen-bond donors (Lipinski definition) is 1. The Kier molecular flexibility index (Phi) is 2.99. The first-order chi connectivity index (χ1) is 5.68. The Labute approximate surface area is 78.4 Å². The number of rotatable bonds is 2. The maximum absolute atomic E-state index is 10.3. The Morgan fingerprint density at radius 2 is 2.33 bits per heavy atom. The molecule has 0 aliphatic carbocycles. The van der Waals surface area contributed by atoms with Gasteiger partial charge in [-0.3, -0.25) is 9.78 Å². The first-order valence-corrected chi connectivity index (χ1v) is 4.07. The number of amides is 1. The minimum atomic E-state index is -0.472. The monoisotopic (exact) mass is 226 g/mol. The molecule has 12 heavy (non-hydrogen) atoms. The molecule has 62 valence electrons. The summed E-state index contributed by atoms with van der Waals surface area (Å²) in [5.74, 6) is -0.472. The molecule has 0 aliphatic heterocycles. The largest absolute Gasteiger partial charge is 0.366 e. The summed E-state index contributed by atoms with van der Waals surface area (Å²) in [6.45, 7) is 0. The van der Waals surface area contributed by atoms with E-state index < -0.39 is 5.91 Å². The smallest absolute Gasteiger partial charge is 0.241 e. The summed E-state index contributed by atoms with van der Waals surface area (Å²) >= 11 is 3.25. The van der Waals surface area contributed by atoms with E-state index in [9.17, 15) is 4.79 Å². The zero-order valence-electron chi connectivity index (χ0n) is 6.20. The van der Waals surface area contributed by atoms with Crippen LogP contribution in [0.2, 0.25) is 0 Å². The molecule has 0 saturated carbocycles. The molecule has 0 saturated heterocycles. The van der Waals surface area contributed by atoms with Gasteiger partial charge in [0.1, 0.15) is 0 Å². The van der Waals surface area contributed by atoms with Gasteiger partial charge < -0.3 is 5.73 Å². The van der Waals surface area contributed by atoms with Crippen molar-refractivity contribution in [3.8, 4) is 0 Å². The summed E-state index contributed by atoms with van der Waals surface area (Å²) in [4.78, 5) is 14.3. The fourth-order valence-corrected chi connectivity index (χ4v) is 0.888. The van der Waals surface area contributed by atoms with Crippen molar-refractivity contribution in [1.29, 1.82) is 0 Å². The van der Waals surface area contributed by atoms with Crippen molar-refractivity contribution >= 4 is 27.9 Å². The van der Waals surface area contributed by atoms with Gasteiger partial charge >= 0.3 is 0 Å². The number of aromatic nitrogens is 1. The third kappa shape index (κ3) is 2.84. The van der Waals surface area contributed by atoms with Gasteiger partial charge in [-0.15, -0.1) is 0 Å². The molecule has 0 aromatic carbocycles. The topological polar surface area (TPSA) is 56.0 Å². The van der Waals surface area contributed by atoms with Crippen molar-refractivity contribution < 1.29 is 4.79 Å². The second-order valence-electron chi connectivity index (χ2n) is 2.14. The molecule has 0 spiro atoms. The first-order valence-electron chi connectivity index (χ1n) is 3.27. The zero-order valence-corrected chi connectivity index (χ0v) is 7.78. The van der Waals surface area contributed by atoms with E-state index in [2.05, 4.69) is 20.9 Å². The molecule has 1 rings (SSSR count). The van der Waals surface area contributed by atoms with Gasteiger partial charge in [-0.2, -0.15) is 0 Å². The van der Waals surface area contributed by atoms with E-state index in [1.165, 1.54) is 6.08 Å². The summed E-state index contributed by atoms with van der Waals surface area (Å²) in [7, 11) is 0. The number of carbonyl (C=O) groups excluding carboxylic acids is 1. The van der Waals surface area contributed by atoms with Crippen LogP contribution in [0.5, 0.6) is 0 Å². The average molecular weight is 227 g/mol. The Morgan fingerprint density at radius 3 is 2.83 bits per heavy atom. The molecule has 0 aliphatic rings. The lowest BCUT2D eigenvalue weighted by molar-refractivity contribution is -0.113. The number of halogens is 1. The summed E-state index contributed by atoms with van der Waals surface area (Å²) in [5.41, 5.74) is 5.61. The second kappa shape index (κ2) is 4.01. The molecule has 4 heteroatoms. The van der Waals surface area contributed by atoms with E-state index >= 15 is 0 Å². The Morgan fingerprint density at radius 1 is 1.58 bits per heavy atom. The Balaban J connectivity index is 2.77. The first kappa shape index (κ1) is 8.93. The van der Waals surface area contributed by atoms with Crippen LogP contribution in [-0.2, 0) is 4.79 Å². The second-order valence-corrected chi connectivity index (χ2v) is 3.05. The Hall–Kier alpha value is -1.16. The van der Waals surface area contributed by atoms with Gasteiger partial charge in [-0.1, -0.05) is 0 Å². The van der Waals surface area contributed by atoms with Crippen LogP contribution >= 0.6 is 15.9 Å². The minimum absolute atomic E-state index is 0.472. The lowest BCUT2D eigenvalue weighted by atomic mass is 10.3. The van der Waals surface area contributed by atoms with Crippen molar-refractivity contribution in [1.82, 2.24) is 4.98 Å². The normalized spacial score (nSPS) is 10.4. The highest BCUT2D eigenvalue weighted by molar-refractivity contribution is 9.10. The van der Waals surface area contributed by atoms with Gasteiger partial charge in [0.25, 0.3) is 0 Å². The predicted octanol–water partition coefficient (Wildman–Crippen LogP) is 1.34. The van der Waals surface area contributed by atoms with Gasteiger partial charge in [0.05, 0.1) is 5.69 Å². The van der Waals surface area contributed by atoms with Crippen molar-refractivity contribution in [2.45, 2.75) is 0 Å². The minimum Gasteiger partial charge on any atom is -0.366 e. The third-order valence-corrected chi connectivity index (χ3v) is 1.64. The fraction of sp³-hybridized carbons (Fsp3) is 0. The van der Waals surface area contributed by atoms with Gasteiger partial charge in [0.15, 0.2) is 0 Å². The van der Waals surface area contributed by atoms with Gasteiger partial charge in [-0.05, 0) is 34.1 Å². The molecule has 0 atom stereocenters. The van der Waals surface area contributed by atoms with Crippen LogP contribution in [0.1, 0.15) is 5.69 Å².